The van der Waals surface area contributed by atoms with Crippen molar-refractivity contribution in [2.45, 2.75) is 18.9 Å². The minimum absolute atomic E-state index is 0.0951. The van der Waals surface area contributed by atoms with Gasteiger partial charge >= 0.3 is 6.03 Å². The van der Waals surface area contributed by atoms with Crippen molar-refractivity contribution < 1.29 is 9.53 Å². The molecule has 0 spiro atoms. The molecular formula is C19H21N3O2. The Kier molecular flexibility index (Phi) is 3.76. The van der Waals surface area contributed by atoms with Gasteiger partial charge in [0.1, 0.15) is 5.75 Å². The molecule has 0 aromatic heterocycles. The number of benzene rings is 2. The Bertz CT molecular complexity index is 762. The summed E-state index contributed by atoms with van der Waals surface area (Å²) in [6.45, 7) is 1.81. The van der Waals surface area contributed by atoms with E-state index in [0.717, 1.165) is 42.3 Å². The van der Waals surface area contributed by atoms with Crippen LogP contribution in [-0.2, 0) is 0 Å². The van der Waals surface area contributed by atoms with Gasteiger partial charge in [0.2, 0.25) is 0 Å². The van der Waals surface area contributed by atoms with Crippen LogP contribution in [0.5, 0.6) is 5.75 Å². The summed E-state index contributed by atoms with van der Waals surface area (Å²) >= 11 is 0. The van der Waals surface area contributed by atoms with E-state index in [-0.39, 0.29) is 6.03 Å². The topological polar surface area (TPSA) is 44.8 Å². The zero-order valence-electron chi connectivity index (χ0n) is 13.7. The van der Waals surface area contributed by atoms with Crippen LogP contribution in [0.4, 0.5) is 21.9 Å². The lowest BCUT2D eigenvalue weighted by Crippen LogP contribution is -2.49. The predicted molar refractivity (Wildman–Crippen MR) is 96.2 cm³/mol. The average Bonchev–Trinajstić information content (AvgIpc) is 3.10. The zero-order valence-corrected chi connectivity index (χ0v) is 13.7. The third-order valence-electron chi connectivity index (χ3n) is 4.82. The van der Waals surface area contributed by atoms with E-state index in [1.54, 1.807) is 7.11 Å². The van der Waals surface area contributed by atoms with Crippen LogP contribution in [0.3, 0.4) is 0 Å². The number of fused-ring (bicyclic) bond motifs is 3. The SMILES string of the molecule is COc1cccc(NC(=O)N2C[C@H]3CCCN3c3ccccc32)c1. The van der Waals surface area contributed by atoms with Gasteiger partial charge in [-0.25, -0.2) is 4.79 Å². The van der Waals surface area contributed by atoms with E-state index in [1.165, 1.54) is 6.42 Å². The summed E-state index contributed by atoms with van der Waals surface area (Å²) < 4.78 is 5.22. The van der Waals surface area contributed by atoms with Crippen LogP contribution in [0.1, 0.15) is 12.8 Å². The van der Waals surface area contributed by atoms with Gasteiger partial charge in [0.15, 0.2) is 0 Å². The molecule has 5 nitrogen and oxygen atoms in total. The summed E-state index contributed by atoms with van der Waals surface area (Å²) in [5.41, 5.74) is 2.88. The van der Waals surface area contributed by atoms with Gasteiger partial charge in [-0.2, -0.15) is 0 Å². The quantitative estimate of drug-likeness (QED) is 0.916. The van der Waals surface area contributed by atoms with Crippen molar-refractivity contribution in [3.8, 4) is 5.75 Å². The van der Waals surface area contributed by atoms with Crippen LogP contribution < -0.4 is 19.9 Å². The standard InChI is InChI=1S/C19H21N3O2/c1-24-16-8-4-6-14(12-16)20-19(23)22-13-15-7-5-11-21(15)17-9-2-3-10-18(17)22/h2-4,6,8-10,12,15H,5,7,11,13H2,1H3,(H,20,23)/t15-/m1/s1. The van der Waals surface area contributed by atoms with Crippen LogP contribution in [0.2, 0.25) is 0 Å². The average molecular weight is 323 g/mol. The van der Waals surface area contributed by atoms with E-state index in [4.69, 9.17) is 4.74 Å². The molecule has 2 aliphatic rings. The summed E-state index contributed by atoms with van der Waals surface area (Å²) in [5, 5.41) is 3.00. The number of ether oxygens (including phenoxy) is 1. The summed E-state index contributed by atoms with van der Waals surface area (Å²) in [6.07, 6.45) is 2.32. The summed E-state index contributed by atoms with van der Waals surface area (Å²) in [4.78, 5) is 17.2. The molecule has 0 radical (unpaired) electrons. The maximum Gasteiger partial charge on any atom is 0.326 e. The van der Waals surface area contributed by atoms with Crippen LogP contribution in [0, 0.1) is 0 Å². The zero-order chi connectivity index (χ0) is 16.5. The van der Waals surface area contributed by atoms with Crippen LogP contribution in [0.25, 0.3) is 0 Å². The molecule has 24 heavy (non-hydrogen) atoms. The van der Waals surface area contributed by atoms with E-state index >= 15 is 0 Å². The van der Waals surface area contributed by atoms with Gasteiger partial charge in [0.25, 0.3) is 0 Å². The molecule has 2 aromatic carbocycles. The van der Waals surface area contributed by atoms with Crippen LogP contribution in [-0.4, -0.2) is 32.3 Å². The maximum absolute atomic E-state index is 12.9. The Morgan fingerprint density at radius 2 is 2.00 bits per heavy atom. The van der Waals surface area contributed by atoms with Crippen molar-refractivity contribution in [2.75, 3.05) is 35.3 Å². The summed E-state index contributed by atoms with van der Waals surface area (Å²) in [6, 6.07) is 15.9. The first-order valence-electron chi connectivity index (χ1n) is 8.34. The molecule has 0 saturated carbocycles. The molecule has 2 heterocycles. The lowest BCUT2D eigenvalue weighted by atomic mass is 10.1. The highest BCUT2D eigenvalue weighted by Crippen LogP contribution is 2.39. The second-order valence-corrected chi connectivity index (χ2v) is 6.25. The van der Waals surface area contributed by atoms with E-state index in [9.17, 15) is 4.79 Å². The number of urea groups is 1. The first-order valence-corrected chi connectivity index (χ1v) is 8.34. The molecule has 2 aliphatic heterocycles. The molecule has 0 unspecified atom stereocenters. The number of nitrogens with zero attached hydrogens (tertiary/aromatic N) is 2. The number of nitrogens with one attached hydrogen (secondary N) is 1. The highest BCUT2D eigenvalue weighted by Gasteiger charge is 2.36. The third-order valence-corrected chi connectivity index (χ3v) is 4.82. The van der Waals surface area contributed by atoms with Crippen molar-refractivity contribution >= 4 is 23.1 Å². The minimum Gasteiger partial charge on any atom is -0.497 e. The van der Waals surface area contributed by atoms with E-state index in [0.29, 0.717) is 6.04 Å². The van der Waals surface area contributed by atoms with Gasteiger partial charge in [-0.05, 0) is 37.1 Å². The molecular weight excluding hydrogens is 302 g/mol. The number of hydrogen-bond acceptors (Lipinski definition) is 3. The fraction of sp³-hybridized carbons (Fsp3) is 0.316. The second-order valence-electron chi connectivity index (χ2n) is 6.25. The molecule has 124 valence electrons. The molecule has 1 N–H and O–H groups in total. The number of carbonyl (C=O) groups is 1. The van der Waals surface area contributed by atoms with Crippen LogP contribution in [0.15, 0.2) is 48.5 Å². The van der Waals surface area contributed by atoms with Gasteiger partial charge in [0, 0.05) is 30.9 Å². The van der Waals surface area contributed by atoms with Crippen LogP contribution >= 0.6 is 0 Å². The molecule has 4 rings (SSSR count). The summed E-state index contributed by atoms with van der Waals surface area (Å²) in [5.74, 6) is 0.730. The Morgan fingerprint density at radius 1 is 1.17 bits per heavy atom. The molecule has 1 fully saturated rings. The van der Waals surface area contributed by atoms with Gasteiger partial charge in [-0.15, -0.1) is 0 Å². The van der Waals surface area contributed by atoms with E-state index in [1.807, 2.05) is 47.4 Å². The van der Waals surface area contributed by atoms with Crippen molar-refractivity contribution in [1.82, 2.24) is 0 Å². The molecule has 1 saturated heterocycles. The Hall–Kier alpha value is -2.69. The first kappa shape index (κ1) is 14.9. The smallest absolute Gasteiger partial charge is 0.326 e. The number of anilines is 3. The number of para-hydroxylation sites is 2. The van der Waals surface area contributed by atoms with Crippen molar-refractivity contribution in [2.24, 2.45) is 0 Å². The van der Waals surface area contributed by atoms with E-state index in [2.05, 4.69) is 16.3 Å². The highest BCUT2D eigenvalue weighted by atomic mass is 16.5. The van der Waals surface area contributed by atoms with Crippen molar-refractivity contribution in [3.63, 3.8) is 0 Å². The molecule has 0 aliphatic carbocycles. The second kappa shape index (κ2) is 6.07. The van der Waals surface area contributed by atoms with Gasteiger partial charge in [-0.1, -0.05) is 18.2 Å². The summed E-state index contributed by atoms with van der Waals surface area (Å²) in [7, 11) is 1.62. The van der Waals surface area contributed by atoms with E-state index < -0.39 is 0 Å². The van der Waals surface area contributed by atoms with Crippen molar-refractivity contribution in [3.05, 3.63) is 48.5 Å². The molecule has 2 aromatic rings. The molecule has 5 heteroatoms. The van der Waals surface area contributed by atoms with Gasteiger partial charge < -0.3 is 15.0 Å². The molecule has 0 bridgehead atoms. The monoisotopic (exact) mass is 323 g/mol. The lowest BCUT2D eigenvalue weighted by Gasteiger charge is -2.40. The number of hydrogen-bond donors (Lipinski definition) is 1. The van der Waals surface area contributed by atoms with Gasteiger partial charge in [-0.3, -0.25) is 4.90 Å². The number of carbonyl (C=O) groups excluding carboxylic acids is 1. The normalized spacial score (nSPS) is 18.8. The number of methoxy groups -OCH3 is 1. The Morgan fingerprint density at radius 3 is 2.83 bits per heavy atom. The number of rotatable bonds is 2. The maximum atomic E-state index is 12.9. The molecule has 2 amide bonds. The van der Waals surface area contributed by atoms with Crippen molar-refractivity contribution in [1.29, 1.82) is 0 Å². The van der Waals surface area contributed by atoms with Gasteiger partial charge in [0.05, 0.1) is 18.5 Å². The Labute approximate surface area is 141 Å². The fourth-order valence-corrected chi connectivity index (χ4v) is 3.67. The molecule has 1 atom stereocenters. The minimum atomic E-state index is -0.0951. The third kappa shape index (κ3) is 2.56. The fourth-order valence-electron chi connectivity index (χ4n) is 3.67. The Balaban J connectivity index is 1.61. The highest BCUT2D eigenvalue weighted by molar-refractivity contribution is 6.04. The first-order chi connectivity index (χ1) is 11.8. The number of amides is 2. The predicted octanol–water partition coefficient (Wildman–Crippen LogP) is 3.72. The lowest BCUT2D eigenvalue weighted by molar-refractivity contribution is 0.256. The largest absolute Gasteiger partial charge is 0.497 e.